The molecule has 0 radical (unpaired) electrons. The minimum atomic E-state index is -1.48. The molecule has 2 atom stereocenters. The second-order valence-corrected chi connectivity index (χ2v) is 7.08. The molecule has 7 heteroatoms. The molecule has 0 heterocycles. The van der Waals surface area contributed by atoms with Crippen molar-refractivity contribution in [1.82, 2.24) is 5.32 Å². The van der Waals surface area contributed by atoms with Crippen molar-refractivity contribution in [3.05, 3.63) is 29.6 Å². The van der Waals surface area contributed by atoms with Gasteiger partial charge in [0.15, 0.2) is 17.5 Å². The number of nitrogens with one attached hydrogen (secondary N) is 2. The molecule has 4 nitrogen and oxygen atoms in total. The first kappa shape index (κ1) is 18.4. The van der Waals surface area contributed by atoms with Gasteiger partial charge in [0.05, 0.1) is 0 Å². The first-order valence-electron chi connectivity index (χ1n) is 8.03. The van der Waals surface area contributed by atoms with Crippen molar-refractivity contribution in [2.75, 3.05) is 11.9 Å². The molecule has 1 fully saturated rings. The number of hydrogen-bond donors (Lipinski definition) is 2. The van der Waals surface area contributed by atoms with Gasteiger partial charge in [-0.25, -0.2) is 18.0 Å². The van der Waals surface area contributed by atoms with E-state index in [0.29, 0.717) is 6.54 Å². The van der Waals surface area contributed by atoms with E-state index in [2.05, 4.69) is 10.6 Å². The van der Waals surface area contributed by atoms with Crippen LogP contribution in [0, 0.1) is 23.4 Å². The van der Waals surface area contributed by atoms with Crippen LogP contribution in [0.1, 0.15) is 40.0 Å². The quantitative estimate of drug-likeness (QED) is 0.805. The summed E-state index contributed by atoms with van der Waals surface area (Å²) in [6.07, 6.45) is 2.12. The molecule has 2 unspecified atom stereocenters. The number of rotatable bonds is 4. The van der Waals surface area contributed by atoms with Crippen molar-refractivity contribution < 1.29 is 22.7 Å². The third-order valence-electron chi connectivity index (χ3n) is 3.90. The summed E-state index contributed by atoms with van der Waals surface area (Å²) in [5, 5.41) is 5.75. The lowest BCUT2D eigenvalue weighted by molar-refractivity contribution is 0.0519. The fraction of sp³-hybridized carbons (Fsp3) is 0.588. The zero-order valence-corrected chi connectivity index (χ0v) is 14.1. The van der Waals surface area contributed by atoms with E-state index in [1.165, 1.54) is 0 Å². The Labute approximate surface area is 139 Å². The van der Waals surface area contributed by atoms with Gasteiger partial charge >= 0.3 is 6.09 Å². The summed E-state index contributed by atoms with van der Waals surface area (Å²) < 4.78 is 44.8. The summed E-state index contributed by atoms with van der Waals surface area (Å²) in [6, 6.07) is 1.83. The molecule has 0 aliphatic heterocycles. The predicted molar refractivity (Wildman–Crippen MR) is 85.3 cm³/mol. The molecule has 1 saturated carbocycles. The van der Waals surface area contributed by atoms with Gasteiger partial charge in [-0.2, -0.15) is 0 Å². The van der Waals surface area contributed by atoms with E-state index < -0.39 is 29.1 Å². The maximum absolute atomic E-state index is 13.3. The van der Waals surface area contributed by atoms with Crippen molar-refractivity contribution in [2.45, 2.75) is 51.7 Å². The molecule has 0 aromatic heterocycles. The highest BCUT2D eigenvalue weighted by atomic mass is 19.2. The van der Waals surface area contributed by atoms with Crippen LogP contribution >= 0.6 is 0 Å². The van der Waals surface area contributed by atoms with Crippen molar-refractivity contribution in [1.29, 1.82) is 0 Å². The van der Waals surface area contributed by atoms with Gasteiger partial charge in [-0.1, -0.05) is 6.42 Å². The average Bonchev–Trinajstić information content (AvgIpc) is 2.88. The number of amides is 1. The normalized spacial score (nSPS) is 20.8. The monoisotopic (exact) mass is 344 g/mol. The van der Waals surface area contributed by atoms with Crippen LogP contribution < -0.4 is 10.6 Å². The third kappa shape index (κ3) is 5.04. The summed E-state index contributed by atoms with van der Waals surface area (Å²) in [5.41, 5.74) is -0.374. The van der Waals surface area contributed by atoms with Gasteiger partial charge in [-0.3, -0.25) is 0 Å². The highest BCUT2D eigenvalue weighted by Crippen LogP contribution is 2.29. The lowest BCUT2D eigenvalue weighted by Crippen LogP contribution is -2.38. The minimum Gasteiger partial charge on any atom is -0.444 e. The second kappa shape index (κ2) is 7.32. The third-order valence-corrected chi connectivity index (χ3v) is 3.90. The zero-order valence-electron chi connectivity index (χ0n) is 14.1. The lowest BCUT2D eigenvalue weighted by atomic mass is 10.0. The molecule has 24 heavy (non-hydrogen) atoms. The van der Waals surface area contributed by atoms with E-state index >= 15 is 0 Å². The van der Waals surface area contributed by atoms with Crippen molar-refractivity contribution in [2.24, 2.45) is 5.92 Å². The number of ether oxygens (including phenoxy) is 1. The molecule has 134 valence electrons. The van der Waals surface area contributed by atoms with Crippen molar-refractivity contribution in [3.63, 3.8) is 0 Å². The van der Waals surface area contributed by atoms with Crippen LogP contribution in [0.25, 0.3) is 0 Å². The van der Waals surface area contributed by atoms with Crippen molar-refractivity contribution in [3.8, 4) is 0 Å². The second-order valence-electron chi connectivity index (χ2n) is 7.08. The first-order chi connectivity index (χ1) is 11.2. The van der Waals surface area contributed by atoms with Crippen LogP contribution in [0.5, 0.6) is 0 Å². The largest absolute Gasteiger partial charge is 0.444 e. The van der Waals surface area contributed by atoms with Gasteiger partial charge in [0.25, 0.3) is 0 Å². The van der Waals surface area contributed by atoms with Crippen molar-refractivity contribution >= 4 is 11.8 Å². The first-order valence-corrected chi connectivity index (χ1v) is 8.03. The number of hydrogen-bond acceptors (Lipinski definition) is 3. The summed E-state index contributed by atoms with van der Waals surface area (Å²) in [6.45, 7) is 5.75. The number of alkyl carbamates (subject to hydrolysis) is 1. The topological polar surface area (TPSA) is 50.4 Å². The Morgan fingerprint density at radius 1 is 1.21 bits per heavy atom. The number of anilines is 1. The van der Waals surface area contributed by atoms with E-state index in [-0.39, 0.29) is 17.6 Å². The molecule has 0 spiro atoms. The molecular formula is C17H23F3N2O2. The van der Waals surface area contributed by atoms with Gasteiger partial charge in [-0.05, 0) is 39.5 Å². The SMILES string of the molecule is CC(C)(C)OC(=O)NCC1CCCC1Nc1cc(F)c(F)c(F)c1. The summed E-state index contributed by atoms with van der Waals surface area (Å²) in [5.74, 6) is -3.82. The standard InChI is InChI=1S/C17H23F3N2O2/c1-17(2,3)24-16(23)21-9-10-5-4-6-14(10)22-11-7-12(18)15(20)13(19)8-11/h7-8,10,14,22H,4-6,9H2,1-3H3,(H,21,23). The number of halogens is 3. The molecule has 1 aliphatic rings. The van der Waals surface area contributed by atoms with Crippen LogP contribution in [0.15, 0.2) is 12.1 Å². The molecule has 1 amide bonds. The summed E-state index contributed by atoms with van der Waals surface area (Å²) in [4.78, 5) is 11.7. The van der Waals surface area contributed by atoms with Gasteiger partial charge in [0.1, 0.15) is 5.60 Å². The fourth-order valence-electron chi connectivity index (χ4n) is 2.85. The Bertz CT molecular complexity index is 579. The number of carbonyl (C=O) groups excluding carboxylic acids is 1. The van der Waals surface area contributed by atoms with Gasteiger partial charge in [0, 0.05) is 30.4 Å². The van der Waals surface area contributed by atoms with Crippen LogP contribution in [0.3, 0.4) is 0 Å². The van der Waals surface area contributed by atoms with Gasteiger partial charge < -0.3 is 15.4 Å². The summed E-state index contributed by atoms with van der Waals surface area (Å²) in [7, 11) is 0. The molecule has 1 aliphatic carbocycles. The average molecular weight is 344 g/mol. The van der Waals surface area contributed by atoms with E-state index in [4.69, 9.17) is 4.74 Å². The Balaban J connectivity index is 1.92. The smallest absolute Gasteiger partial charge is 0.407 e. The summed E-state index contributed by atoms with van der Waals surface area (Å²) >= 11 is 0. The number of benzene rings is 1. The van der Waals surface area contributed by atoms with Crippen LogP contribution in [0.2, 0.25) is 0 Å². The Kier molecular flexibility index (Phi) is 5.62. The van der Waals surface area contributed by atoms with Crippen LogP contribution in [0.4, 0.5) is 23.7 Å². The van der Waals surface area contributed by atoms with Gasteiger partial charge in [0.2, 0.25) is 0 Å². The zero-order chi connectivity index (χ0) is 17.9. The maximum atomic E-state index is 13.3. The van der Waals surface area contributed by atoms with E-state index in [1.807, 2.05) is 0 Å². The lowest BCUT2D eigenvalue weighted by Gasteiger charge is -2.24. The highest BCUT2D eigenvalue weighted by molar-refractivity contribution is 5.67. The molecule has 1 aromatic carbocycles. The van der Waals surface area contributed by atoms with Crippen LogP contribution in [-0.4, -0.2) is 24.3 Å². The molecular weight excluding hydrogens is 321 g/mol. The number of carbonyl (C=O) groups is 1. The molecule has 1 aromatic rings. The van der Waals surface area contributed by atoms with E-state index in [0.717, 1.165) is 31.4 Å². The Morgan fingerprint density at radius 3 is 2.42 bits per heavy atom. The molecule has 2 N–H and O–H groups in total. The molecule has 0 saturated heterocycles. The molecule has 2 rings (SSSR count). The maximum Gasteiger partial charge on any atom is 0.407 e. The van der Waals surface area contributed by atoms with E-state index in [9.17, 15) is 18.0 Å². The van der Waals surface area contributed by atoms with Crippen LogP contribution in [-0.2, 0) is 4.74 Å². The highest BCUT2D eigenvalue weighted by Gasteiger charge is 2.28. The fourth-order valence-corrected chi connectivity index (χ4v) is 2.85. The van der Waals surface area contributed by atoms with E-state index in [1.54, 1.807) is 20.8 Å². The molecule has 0 bridgehead atoms. The Hall–Kier alpha value is -1.92. The predicted octanol–water partition coefficient (Wildman–Crippen LogP) is 4.21. The van der Waals surface area contributed by atoms with Gasteiger partial charge in [-0.15, -0.1) is 0 Å². The Morgan fingerprint density at radius 2 is 1.83 bits per heavy atom. The minimum absolute atomic E-state index is 0.0517.